The molecule has 0 aliphatic carbocycles. The minimum atomic E-state index is 0.0501. The number of methoxy groups -OCH3 is 1. The van der Waals surface area contributed by atoms with Gasteiger partial charge in [-0.05, 0) is 37.1 Å². The summed E-state index contributed by atoms with van der Waals surface area (Å²) in [5.41, 5.74) is 6.98. The lowest BCUT2D eigenvalue weighted by Gasteiger charge is -2.47. The molecule has 0 bridgehead atoms. The molecular formula is C14H20BrNO2. The quantitative estimate of drug-likeness (QED) is 0.909. The van der Waals surface area contributed by atoms with E-state index in [9.17, 15) is 0 Å². The van der Waals surface area contributed by atoms with Gasteiger partial charge in [-0.2, -0.15) is 0 Å². The van der Waals surface area contributed by atoms with Crippen LogP contribution in [-0.4, -0.2) is 26.9 Å². The Morgan fingerprint density at radius 2 is 2.22 bits per heavy atom. The van der Waals surface area contributed by atoms with Gasteiger partial charge in [-0.25, -0.2) is 0 Å². The van der Waals surface area contributed by atoms with Crippen LogP contribution in [0, 0.1) is 5.92 Å². The molecule has 100 valence electrons. The molecule has 1 saturated heterocycles. The Bertz CT molecular complexity index is 418. The Morgan fingerprint density at radius 1 is 1.50 bits per heavy atom. The number of rotatable bonds is 5. The summed E-state index contributed by atoms with van der Waals surface area (Å²) in [5, 5.41) is 0. The van der Waals surface area contributed by atoms with Crippen molar-refractivity contribution in [2.45, 2.75) is 18.8 Å². The van der Waals surface area contributed by atoms with Crippen molar-refractivity contribution in [1.29, 1.82) is 0 Å². The summed E-state index contributed by atoms with van der Waals surface area (Å²) >= 11 is 3.54. The first kappa shape index (κ1) is 13.8. The van der Waals surface area contributed by atoms with Crippen molar-refractivity contribution < 1.29 is 9.47 Å². The molecule has 3 nitrogen and oxygen atoms in total. The molecule has 0 aromatic heterocycles. The lowest BCUT2D eigenvalue weighted by molar-refractivity contribution is -0.0891. The molecule has 1 aromatic rings. The number of benzene rings is 1. The summed E-state index contributed by atoms with van der Waals surface area (Å²) in [6.45, 7) is 4.46. The number of hydrogen-bond acceptors (Lipinski definition) is 3. The molecule has 1 fully saturated rings. The molecule has 1 unspecified atom stereocenters. The maximum Gasteiger partial charge on any atom is 0.122 e. The van der Waals surface area contributed by atoms with Crippen LogP contribution in [-0.2, 0) is 10.2 Å². The van der Waals surface area contributed by atoms with Crippen LogP contribution in [0.3, 0.4) is 0 Å². The standard InChI is InChI=1S/C14H20BrNO2/c1-10(5-6-16)14(8-18-9-14)12-7-11(15)3-4-13(12)17-2/h3-4,7,10H,5-6,8-9,16H2,1-2H3. The van der Waals surface area contributed by atoms with Gasteiger partial charge in [0.05, 0.1) is 20.3 Å². The largest absolute Gasteiger partial charge is 0.496 e. The summed E-state index contributed by atoms with van der Waals surface area (Å²) in [7, 11) is 1.72. The van der Waals surface area contributed by atoms with Crippen LogP contribution in [0.1, 0.15) is 18.9 Å². The van der Waals surface area contributed by atoms with E-state index < -0.39 is 0 Å². The Balaban J connectivity index is 2.40. The molecule has 0 amide bonds. The monoisotopic (exact) mass is 313 g/mol. The average Bonchev–Trinajstić information content (AvgIpc) is 2.28. The summed E-state index contributed by atoms with van der Waals surface area (Å²) in [6, 6.07) is 6.16. The van der Waals surface area contributed by atoms with Crippen LogP contribution in [0.15, 0.2) is 22.7 Å². The zero-order chi connectivity index (χ0) is 13.2. The van der Waals surface area contributed by atoms with E-state index in [4.69, 9.17) is 15.2 Å². The first-order valence-electron chi connectivity index (χ1n) is 6.26. The van der Waals surface area contributed by atoms with E-state index in [0.29, 0.717) is 12.5 Å². The van der Waals surface area contributed by atoms with E-state index in [1.165, 1.54) is 5.56 Å². The molecule has 0 saturated carbocycles. The number of ether oxygens (including phenoxy) is 2. The predicted octanol–water partition coefficient (Wildman–Crippen LogP) is 2.71. The molecule has 1 heterocycles. The van der Waals surface area contributed by atoms with Crippen molar-refractivity contribution in [3.8, 4) is 5.75 Å². The SMILES string of the molecule is COc1ccc(Br)cc1C1(C(C)CCN)COC1. The Labute approximate surface area is 117 Å². The van der Waals surface area contributed by atoms with Gasteiger partial charge in [0.1, 0.15) is 5.75 Å². The molecule has 0 spiro atoms. The molecule has 4 heteroatoms. The molecule has 2 N–H and O–H groups in total. The van der Waals surface area contributed by atoms with Gasteiger partial charge in [0.15, 0.2) is 0 Å². The van der Waals surface area contributed by atoms with Crippen LogP contribution in [0.2, 0.25) is 0 Å². The highest BCUT2D eigenvalue weighted by molar-refractivity contribution is 9.10. The van der Waals surface area contributed by atoms with Crippen molar-refractivity contribution in [2.24, 2.45) is 11.7 Å². The second-order valence-corrected chi connectivity index (χ2v) is 5.89. The van der Waals surface area contributed by atoms with E-state index >= 15 is 0 Å². The zero-order valence-electron chi connectivity index (χ0n) is 10.9. The normalized spacial score (nSPS) is 19.1. The van der Waals surface area contributed by atoms with Crippen molar-refractivity contribution in [3.63, 3.8) is 0 Å². The van der Waals surface area contributed by atoms with Gasteiger partial charge in [0, 0.05) is 15.5 Å². The van der Waals surface area contributed by atoms with Gasteiger partial charge in [-0.3, -0.25) is 0 Å². The fourth-order valence-corrected chi connectivity index (χ4v) is 2.98. The molecule has 1 atom stereocenters. The molecule has 0 radical (unpaired) electrons. The van der Waals surface area contributed by atoms with Crippen molar-refractivity contribution in [1.82, 2.24) is 0 Å². The lowest BCUT2D eigenvalue weighted by Crippen LogP contribution is -2.52. The Morgan fingerprint density at radius 3 is 2.72 bits per heavy atom. The number of hydrogen-bond donors (Lipinski definition) is 1. The van der Waals surface area contributed by atoms with Crippen LogP contribution >= 0.6 is 15.9 Å². The Hall–Kier alpha value is -0.580. The van der Waals surface area contributed by atoms with Gasteiger partial charge in [0.2, 0.25) is 0 Å². The van der Waals surface area contributed by atoms with E-state index in [1.807, 2.05) is 12.1 Å². The molecule has 1 aromatic carbocycles. The van der Waals surface area contributed by atoms with Gasteiger partial charge >= 0.3 is 0 Å². The maximum absolute atomic E-state index is 5.70. The second kappa shape index (κ2) is 5.59. The van der Waals surface area contributed by atoms with Crippen LogP contribution in [0.4, 0.5) is 0 Å². The minimum absolute atomic E-state index is 0.0501. The van der Waals surface area contributed by atoms with Crippen molar-refractivity contribution in [3.05, 3.63) is 28.2 Å². The van der Waals surface area contributed by atoms with Gasteiger partial charge in [0.25, 0.3) is 0 Å². The van der Waals surface area contributed by atoms with E-state index in [1.54, 1.807) is 7.11 Å². The number of halogens is 1. The van der Waals surface area contributed by atoms with Gasteiger partial charge in [-0.1, -0.05) is 22.9 Å². The van der Waals surface area contributed by atoms with Gasteiger partial charge < -0.3 is 15.2 Å². The minimum Gasteiger partial charge on any atom is -0.496 e. The Kier molecular flexibility index (Phi) is 4.30. The summed E-state index contributed by atoms with van der Waals surface area (Å²) in [6.07, 6.45) is 0.999. The topological polar surface area (TPSA) is 44.5 Å². The lowest BCUT2D eigenvalue weighted by atomic mass is 9.68. The van der Waals surface area contributed by atoms with Crippen molar-refractivity contribution >= 4 is 15.9 Å². The first-order chi connectivity index (χ1) is 8.64. The molecule has 1 aliphatic rings. The van der Waals surface area contributed by atoms with Crippen LogP contribution in [0.5, 0.6) is 5.75 Å². The molecule has 2 rings (SSSR count). The zero-order valence-corrected chi connectivity index (χ0v) is 12.5. The van der Waals surface area contributed by atoms with Crippen LogP contribution in [0.25, 0.3) is 0 Å². The van der Waals surface area contributed by atoms with Crippen molar-refractivity contribution in [2.75, 3.05) is 26.9 Å². The third kappa shape index (κ3) is 2.29. The maximum atomic E-state index is 5.70. The van der Waals surface area contributed by atoms with Gasteiger partial charge in [-0.15, -0.1) is 0 Å². The molecular weight excluding hydrogens is 294 g/mol. The second-order valence-electron chi connectivity index (χ2n) is 4.97. The van der Waals surface area contributed by atoms with E-state index in [-0.39, 0.29) is 5.41 Å². The predicted molar refractivity (Wildman–Crippen MR) is 76.0 cm³/mol. The highest BCUT2D eigenvalue weighted by Crippen LogP contribution is 2.45. The average molecular weight is 314 g/mol. The highest BCUT2D eigenvalue weighted by atomic mass is 79.9. The highest BCUT2D eigenvalue weighted by Gasteiger charge is 2.46. The summed E-state index contributed by atoms with van der Waals surface area (Å²) in [5.74, 6) is 1.42. The van der Waals surface area contributed by atoms with Crippen LogP contribution < -0.4 is 10.5 Å². The van der Waals surface area contributed by atoms with E-state index in [0.717, 1.165) is 29.9 Å². The third-order valence-electron chi connectivity index (χ3n) is 3.96. The fraction of sp³-hybridized carbons (Fsp3) is 0.571. The molecule has 18 heavy (non-hydrogen) atoms. The van der Waals surface area contributed by atoms with E-state index in [2.05, 4.69) is 28.9 Å². The smallest absolute Gasteiger partial charge is 0.122 e. The summed E-state index contributed by atoms with van der Waals surface area (Å²) in [4.78, 5) is 0. The first-order valence-corrected chi connectivity index (χ1v) is 7.05. The third-order valence-corrected chi connectivity index (χ3v) is 4.45. The fourth-order valence-electron chi connectivity index (χ4n) is 2.62. The summed E-state index contributed by atoms with van der Waals surface area (Å²) < 4.78 is 12.1. The molecule has 1 aliphatic heterocycles. The number of nitrogens with two attached hydrogens (primary N) is 1.